The van der Waals surface area contributed by atoms with Crippen LogP contribution in [0.5, 0.6) is 17.2 Å². The second kappa shape index (κ2) is 13.0. The summed E-state index contributed by atoms with van der Waals surface area (Å²) in [4.78, 5) is 12.8. The van der Waals surface area contributed by atoms with Crippen LogP contribution in [-0.4, -0.2) is 19.0 Å². The monoisotopic (exact) mass is 464 g/mol. The number of allylic oxidation sites excluding steroid dienone is 2. The second-order valence-electron chi connectivity index (χ2n) is 9.57. The summed E-state index contributed by atoms with van der Waals surface area (Å²) in [6.07, 6.45) is 7.53. The minimum absolute atomic E-state index is 0.0815. The van der Waals surface area contributed by atoms with E-state index < -0.39 is 0 Å². The van der Waals surface area contributed by atoms with Gasteiger partial charge in [-0.05, 0) is 67.7 Å². The van der Waals surface area contributed by atoms with E-state index in [1.54, 1.807) is 37.3 Å². The molecule has 0 unspecified atom stereocenters. The zero-order valence-electron chi connectivity index (χ0n) is 21.7. The SMILES string of the molecule is C=C(C)Oc1ccc(C(=O)/C=C/c2cc(C(C)(C)C)c(OCCCC)cc2OCCCC)cc1. The quantitative estimate of drug-likeness (QED) is 0.130. The van der Waals surface area contributed by atoms with E-state index in [-0.39, 0.29) is 11.2 Å². The van der Waals surface area contributed by atoms with Crippen LogP contribution in [0.2, 0.25) is 0 Å². The van der Waals surface area contributed by atoms with E-state index >= 15 is 0 Å². The molecule has 0 aliphatic rings. The second-order valence-corrected chi connectivity index (χ2v) is 9.57. The van der Waals surface area contributed by atoms with Gasteiger partial charge in [-0.25, -0.2) is 0 Å². The summed E-state index contributed by atoms with van der Waals surface area (Å²) in [6.45, 7) is 17.6. The standard InChI is InChI=1S/C30H40O4/c1-8-10-18-32-28-21-29(33-19-11-9-2)26(30(5,6)7)20-24(28)14-17-27(31)23-12-15-25(16-13-23)34-22(3)4/h12-17,20-21H,3,8-11,18-19H2,1-2,4-7H3/b17-14+. The highest BCUT2D eigenvalue weighted by molar-refractivity contribution is 6.07. The minimum Gasteiger partial charge on any atom is -0.493 e. The molecule has 0 spiro atoms. The normalized spacial score (nSPS) is 11.5. The third kappa shape index (κ3) is 8.40. The van der Waals surface area contributed by atoms with Crippen LogP contribution in [0.3, 0.4) is 0 Å². The van der Waals surface area contributed by atoms with Gasteiger partial charge in [0.2, 0.25) is 0 Å². The van der Waals surface area contributed by atoms with Crippen LogP contribution in [-0.2, 0) is 5.41 Å². The Hall–Kier alpha value is -3.01. The van der Waals surface area contributed by atoms with Gasteiger partial charge >= 0.3 is 0 Å². The average Bonchev–Trinajstić information content (AvgIpc) is 2.77. The van der Waals surface area contributed by atoms with Crippen molar-refractivity contribution in [3.63, 3.8) is 0 Å². The van der Waals surface area contributed by atoms with Crippen molar-refractivity contribution in [2.45, 2.75) is 72.6 Å². The first-order valence-electron chi connectivity index (χ1n) is 12.3. The maximum absolute atomic E-state index is 12.8. The largest absolute Gasteiger partial charge is 0.493 e. The molecule has 4 heteroatoms. The first kappa shape index (κ1) is 27.2. The molecule has 2 aromatic rings. The molecule has 2 rings (SSSR count). The molecule has 4 nitrogen and oxygen atoms in total. The van der Waals surface area contributed by atoms with Gasteiger partial charge in [0.15, 0.2) is 5.78 Å². The molecule has 0 atom stereocenters. The van der Waals surface area contributed by atoms with Crippen molar-refractivity contribution in [2.24, 2.45) is 0 Å². The number of carbonyl (C=O) groups is 1. The Kier molecular flexibility index (Phi) is 10.4. The van der Waals surface area contributed by atoms with E-state index in [0.717, 1.165) is 48.3 Å². The van der Waals surface area contributed by atoms with Crippen molar-refractivity contribution in [3.05, 3.63) is 71.5 Å². The number of ether oxygens (including phenoxy) is 3. The Labute approximate surface area is 205 Å². The van der Waals surface area contributed by atoms with Gasteiger partial charge < -0.3 is 14.2 Å². The molecule has 0 bridgehead atoms. The average molecular weight is 465 g/mol. The van der Waals surface area contributed by atoms with E-state index in [1.807, 2.05) is 12.1 Å². The summed E-state index contributed by atoms with van der Waals surface area (Å²) in [5.74, 6) is 2.77. The van der Waals surface area contributed by atoms with Crippen LogP contribution in [0.4, 0.5) is 0 Å². The highest BCUT2D eigenvalue weighted by atomic mass is 16.5. The molecule has 0 fully saturated rings. The van der Waals surface area contributed by atoms with E-state index in [4.69, 9.17) is 14.2 Å². The number of unbranched alkanes of at least 4 members (excludes halogenated alkanes) is 2. The van der Waals surface area contributed by atoms with Gasteiger partial charge in [-0.1, -0.05) is 54.0 Å². The van der Waals surface area contributed by atoms with E-state index in [0.29, 0.717) is 30.3 Å². The Balaban J connectivity index is 2.36. The molecule has 0 aromatic heterocycles. The van der Waals surface area contributed by atoms with Gasteiger partial charge in [0, 0.05) is 22.8 Å². The van der Waals surface area contributed by atoms with E-state index in [9.17, 15) is 4.79 Å². The molecule has 0 N–H and O–H groups in total. The van der Waals surface area contributed by atoms with Gasteiger partial charge in [0.05, 0.1) is 19.0 Å². The lowest BCUT2D eigenvalue weighted by molar-refractivity contribution is 0.104. The van der Waals surface area contributed by atoms with Gasteiger partial charge in [0.1, 0.15) is 17.2 Å². The maximum Gasteiger partial charge on any atom is 0.185 e. The van der Waals surface area contributed by atoms with E-state index in [1.165, 1.54) is 0 Å². The Morgan fingerprint density at radius 1 is 0.941 bits per heavy atom. The topological polar surface area (TPSA) is 44.8 Å². The number of ketones is 1. The summed E-state index contributed by atoms with van der Waals surface area (Å²) in [5.41, 5.74) is 2.45. The van der Waals surface area contributed by atoms with Crippen LogP contribution in [0.25, 0.3) is 6.08 Å². The van der Waals surface area contributed by atoms with Crippen LogP contribution in [0.15, 0.2) is 54.8 Å². The fraction of sp³-hybridized carbons (Fsp3) is 0.433. The molecule has 0 radical (unpaired) electrons. The van der Waals surface area contributed by atoms with Crippen LogP contribution in [0.1, 0.15) is 88.7 Å². The van der Waals surface area contributed by atoms with Crippen molar-refractivity contribution in [1.29, 1.82) is 0 Å². The lowest BCUT2D eigenvalue weighted by Crippen LogP contribution is -2.15. The highest BCUT2D eigenvalue weighted by Gasteiger charge is 2.22. The molecule has 0 aliphatic heterocycles. The number of hydrogen-bond donors (Lipinski definition) is 0. The van der Waals surface area contributed by atoms with Gasteiger partial charge in [-0.3, -0.25) is 4.79 Å². The fourth-order valence-corrected chi connectivity index (χ4v) is 3.34. The van der Waals surface area contributed by atoms with Crippen LogP contribution < -0.4 is 14.2 Å². The third-order valence-electron chi connectivity index (χ3n) is 5.28. The first-order valence-corrected chi connectivity index (χ1v) is 12.3. The molecule has 2 aromatic carbocycles. The summed E-state index contributed by atoms with van der Waals surface area (Å²) in [5, 5.41) is 0. The molecule has 34 heavy (non-hydrogen) atoms. The van der Waals surface area contributed by atoms with Crippen LogP contribution in [0, 0.1) is 0 Å². The zero-order chi connectivity index (χ0) is 25.1. The zero-order valence-corrected chi connectivity index (χ0v) is 21.7. The Morgan fingerprint density at radius 2 is 1.53 bits per heavy atom. The molecule has 184 valence electrons. The predicted octanol–water partition coefficient (Wildman–Crippen LogP) is 8.15. The Bertz CT molecular complexity index is 978. The minimum atomic E-state index is -0.116. The van der Waals surface area contributed by atoms with Gasteiger partial charge in [-0.15, -0.1) is 0 Å². The molecule has 0 saturated carbocycles. The summed E-state index contributed by atoms with van der Waals surface area (Å²) >= 11 is 0. The number of carbonyl (C=O) groups excluding carboxylic acids is 1. The summed E-state index contributed by atoms with van der Waals surface area (Å²) < 4.78 is 17.7. The Morgan fingerprint density at radius 3 is 2.06 bits per heavy atom. The molecule has 0 heterocycles. The van der Waals surface area contributed by atoms with Crippen molar-refractivity contribution in [2.75, 3.05) is 13.2 Å². The highest BCUT2D eigenvalue weighted by Crippen LogP contribution is 2.38. The third-order valence-corrected chi connectivity index (χ3v) is 5.28. The lowest BCUT2D eigenvalue weighted by atomic mass is 9.85. The van der Waals surface area contributed by atoms with Crippen molar-refractivity contribution >= 4 is 11.9 Å². The number of benzene rings is 2. The fourth-order valence-electron chi connectivity index (χ4n) is 3.34. The molecule has 0 amide bonds. The number of rotatable bonds is 13. The lowest BCUT2D eigenvalue weighted by Gasteiger charge is -2.25. The van der Waals surface area contributed by atoms with Crippen LogP contribution >= 0.6 is 0 Å². The first-order chi connectivity index (χ1) is 16.2. The predicted molar refractivity (Wildman–Crippen MR) is 141 cm³/mol. The summed E-state index contributed by atoms with van der Waals surface area (Å²) in [7, 11) is 0. The van der Waals surface area contributed by atoms with E-state index in [2.05, 4.69) is 47.3 Å². The molecule has 0 aliphatic carbocycles. The summed E-state index contributed by atoms with van der Waals surface area (Å²) in [6, 6.07) is 11.1. The van der Waals surface area contributed by atoms with Gasteiger partial charge in [-0.2, -0.15) is 0 Å². The molecular formula is C30H40O4. The van der Waals surface area contributed by atoms with Crippen molar-refractivity contribution in [3.8, 4) is 17.2 Å². The molecular weight excluding hydrogens is 424 g/mol. The van der Waals surface area contributed by atoms with Crippen molar-refractivity contribution in [1.82, 2.24) is 0 Å². The van der Waals surface area contributed by atoms with Gasteiger partial charge in [0.25, 0.3) is 0 Å². The number of hydrogen-bond acceptors (Lipinski definition) is 4. The molecule has 0 saturated heterocycles. The van der Waals surface area contributed by atoms with Crippen molar-refractivity contribution < 1.29 is 19.0 Å². The smallest absolute Gasteiger partial charge is 0.185 e. The maximum atomic E-state index is 12.8.